The summed E-state index contributed by atoms with van der Waals surface area (Å²) in [5.74, 6) is 5.30. The lowest BCUT2D eigenvalue weighted by Crippen LogP contribution is -2.01. The molecule has 0 atom stereocenters. The van der Waals surface area contributed by atoms with Crippen molar-refractivity contribution >= 4 is 41.7 Å². The van der Waals surface area contributed by atoms with Crippen molar-refractivity contribution < 1.29 is 55.1 Å². The zero-order valence-electron chi connectivity index (χ0n) is 57.7. The van der Waals surface area contributed by atoms with Gasteiger partial charge in [0.25, 0.3) is 0 Å². The third kappa shape index (κ3) is 18.1. The van der Waals surface area contributed by atoms with Gasteiger partial charge in [0.1, 0.15) is 75.0 Å². The van der Waals surface area contributed by atoms with Gasteiger partial charge in [-0.15, -0.1) is 0 Å². The predicted octanol–water partition coefficient (Wildman–Crippen LogP) is 21.5. The number of para-hydroxylation sites is 4. The molecule has 0 aliphatic rings. The summed E-state index contributed by atoms with van der Waals surface area (Å²) < 4.78 is 96.7. The van der Waals surface area contributed by atoms with E-state index in [1.807, 2.05) is 177 Å². The SMILES string of the molecule is Cc1ccc(Cc2ccc(Oc3ccc(-c4ccc(Oc5ccc(S(=O)(=O)c6ccc(Oc7ccc(-c8nc9ccccc9n8C)cc7)cc6)cc5)cc4)cc3)cc2)cc1.O=S(=O)(c1ccc(F)cc1)c1ccc(F)cc1.Oc1ccc(-c2ccc(O)cc2)cc1.Oc1ccc(-c2nc3ccccc3[nH]2)cc1. The minimum Gasteiger partial charge on any atom is -0.508 e. The van der Waals surface area contributed by atoms with Crippen LogP contribution < -0.4 is 14.2 Å². The van der Waals surface area contributed by atoms with Crippen molar-refractivity contribution in [2.24, 2.45) is 7.05 Å². The Hall–Kier alpha value is -13.4. The fraction of sp³-hybridized carbons (Fsp3) is 0.0337. The van der Waals surface area contributed by atoms with Gasteiger partial charge in [0.2, 0.25) is 19.7 Å². The number of aromatic hydroxyl groups is 3. The first-order valence-electron chi connectivity index (χ1n) is 33.8. The first-order chi connectivity index (χ1) is 51.8. The highest BCUT2D eigenvalue weighted by Crippen LogP contribution is 2.34. The Morgan fingerprint density at radius 1 is 0.346 bits per heavy atom. The lowest BCUT2D eigenvalue weighted by atomic mass is 10.0. The van der Waals surface area contributed by atoms with Crippen molar-refractivity contribution in [1.29, 1.82) is 0 Å². The number of aryl methyl sites for hydroxylation is 2. The summed E-state index contributed by atoms with van der Waals surface area (Å²) in [6, 6.07) is 98.9. The van der Waals surface area contributed by atoms with Gasteiger partial charge in [0.05, 0.1) is 41.6 Å². The second-order valence-corrected chi connectivity index (χ2v) is 28.7. The molecule has 0 bridgehead atoms. The highest BCUT2D eigenvalue weighted by atomic mass is 32.2. The Morgan fingerprint density at radius 2 is 0.654 bits per heavy atom. The number of aromatic nitrogens is 4. The van der Waals surface area contributed by atoms with Crippen molar-refractivity contribution in [2.45, 2.75) is 32.9 Å². The average molecular weight is 1460 g/mol. The maximum atomic E-state index is 13.5. The second kappa shape index (κ2) is 32.5. The molecule has 14 nitrogen and oxygen atoms in total. The number of nitrogens with one attached hydrogen (secondary N) is 1. The molecule has 2 heterocycles. The molecular weight excluding hydrogens is 1390 g/mol. The Morgan fingerprint density at radius 3 is 1.04 bits per heavy atom. The lowest BCUT2D eigenvalue weighted by molar-refractivity contribution is 0.474. The van der Waals surface area contributed by atoms with E-state index in [1.54, 1.807) is 84.9 Å². The molecule has 0 saturated carbocycles. The van der Waals surface area contributed by atoms with Gasteiger partial charge in [-0.3, -0.25) is 0 Å². The summed E-state index contributed by atoms with van der Waals surface area (Å²) in [5, 5.41) is 27.4. The summed E-state index contributed by atoms with van der Waals surface area (Å²) in [5.41, 5.74) is 13.8. The molecule has 16 rings (SSSR count). The van der Waals surface area contributed by atoms with Crippen LogP contribution >= 0.6 is 0 Å². The van der Waals surface area contributed by atoms with Crippen molar-refractivity contribution in [2.75, 3.05) is 0 Å². The van der Waals surface area contributed by atoms with E-state index in [1.165, 1.54) is 41.0 Å². The van der Waals surface area contributed by atoms with Gasteiger partial charge in [0, 0.05) is 18.2 Å². The van der Waals surface area contributed by atoms with Crippen LogP contribution in [-0.4, -0.2) is 51.7 Å². The summed E-state index contributed by atoms with van der Waals surface area (Å²) in [6.45, 7) is 2.10. The molecule has 0 fully saturated rings. The highest BCUT2D eigenvalue weighted by Gasteiger charge is 2.20. The van der Waals surface area contributed by atoms with Gasteiger partial charge in [-0.05, 0) is 277 Å². The lowest BCUT2D eigenvalue weighted by Gasteiger charge is -2.10. The molecule has 2 aromatic heterocycles. The van der Waals surface area contributed by atoms with Crippen LogP contribution in [0.2, 0.25) is 0 Å². The van der Waals surface area contributed by atoms with E-state index in [-0.39, 0.29) is 36.8 Å². The standard InChI is InChI=1S/C52H40N2O5S.C13H10N2O.C12H8F2O2S.C12H10O2/c1-36-7-9-37(10-8-36)35-38-11-19-42(20-12-38)57-43-21-13-39(14-22-43)40-15-23-44(24-16-40)58-46-27-31-48(32-28-46)60(55,56)49-33-29-47(30-34-49)59-45-25-17-41(18-26-45)52-53-50-5-3-4-6-51(50)54(52)2;16-10-7-5-9(6-8-10)13-14-11-3-1-2-4-12(11)15-13;13-9-1-5-11(6-2-9)17(15,16)12-7-3-10(14)4-8-12;13-11-5-1-9(2-6-11)10-3-7-12(14)8-4-10/h3-34H,35H2,1-2H3;1-8,16H,(H,14,15);1-8H;1-8,13-14H. The number of imidazole rings is 2. The van der Waals surface area contributed by atoms with Crippen LogP contribution in [-0.2, 0) is 33.1 Å². The molecule has 0 spiro atoms. The first kappa shape index (κ1) is 72.0. The minimum absolute atomic E-state index is 0.0227. The van der Waals surface area contributed by atoms with Crippen LogP contribution in [0.15, 0.2) is 359 Å². The molecule has 18 heteroatoms. The maximum absolute atomic E-state index is 13.5. The van der Waals surface area contributed by atoms with Gasteiger partial charge in [-0.1, -0.05) is 115 Å². The van der Waals surface area contributed by atoms with E-state index in [0.29, 0.717) is 23.0 Å². The molecule has 16 aromatic rings. The monoisotopic (exact) mass is 1450 g/mol. The first-order valence-corrected chi connectivity index (χ1v) is 36.7. The number of fused-ring (bicyclic) bond motifs is 2. The predicted molar refractivity (Wildman–Crippen MR) is 414 cm³/mol. The number of ether oxygens (including phenoxy) is 3. The number of rotatable bonds is 16. The van der Waals surface area contributed by atoms with Crippen molar-refractivity contribution in [3.63, 3.8) is 0 Å². The van der Waals surface area contributed by atoms with Gasteiger partial charge in [0.15, 0.2) is 0 Å². The Kier molecular flexibility index (Phi) is 21.9. The van der Waals surface area contributed by atoms with Gasteiger partial charge < -0.3 is 39.1 Å². The molecule has 0 radical (unpaired) electrons. The number of nitrogens with zero attached hydrogens (tertiary/aromatic N) is 3. The number of halogens is 2. The normalized spacial score (nSPS) is 11.1. The molecule has 0 aliphatic heterocycles. The van der Waals surface area contributed by atoms with Crippen molar-refractivity contribution in [3.05, 3.63) is 368 Å². The summed E-state index contributed by atoms with van der Waals surface area (Å²) >= 11 is 0. The molecule has 14 aromatic carbocycles. The summed E-state index contributed by atoms with van der Waals surface area (Å²) in [7, 11) is -5.48. The number of benzene rings is 14. The second-order valence-electron chi connectivity index (χ2n) is 24.8. The molecule has 0 unspecified atom stereocenters. The number of phenolic OH excluding ortho intramolecular Hbond substituents is 3. The molecule has 4 N–H and O–H groups in total. The average Bonchev–Trinajstić information content (AvgIpc) is 1.64. The quantitative estimate of drug-likeness (QED) is 0.0668. The summed E-state index contributed by atoms with van der Waals surface area (Å²) in [4.78, 5) is 12.8. The number of hydrogen-bond donors (Lipinski definition) is 4. The van der Waals surface area contributed by atoms with Crippen LogP contribution in [0.5, 0.6) is 51.7 Å². The minimum atomic E-state index is -3.77. The van der Waals surface area contributed by atoms with Crippen LogP contribution in [0.25, 0.3) is 67.1 Å². The zero-order valence-corrected chi connectivity index (χ0v) is 59.3. The van der Waals surface area contributed by atoms with Crippen LogP contribution in [0.1, 0.15) is 16.7 Å². The number of H-pyrrole nitrogens is 1. The zero-order chi connectivity index (χ0) is 74.4. The highest BCUT2D eigenvalue weighted by molar-refractivity contribution is 7.91. The van der Waals surface area contributed by atoms with E-state index < -0.39 is 31.3 Å². The smallest absolute Gasteiger partial charge is 0.206 e. The van der Waals surface area contributed by atoms with Crippen LogP contribution in [0, 0.1) is 18.6 Å². The van der Waals surface area contributed by atoms with Gasteiger partial charge in [-0.25, -0.2) is 35.6 Å². The Balaban J connectivity index is 0.000000171. The van der Waals surface area contributed by atoms with Gasteiger partial charge in [-0.2, -0.15) is 0 Å². The Bertz CT molecular complexity index is 5770. The number of sulfone groups is 2. The topological polar surface area (TPSA) is 203 Å². The van der Waals surface area contributed by atoms with Crippen LogP contribution in [0.3, 0.4) is 0 Å². The largest absolute Gasteiger partial charge is 0.508 e. The van der Waals surface area contributed by atoms with E-state index in [2.05, 4.69) is 57.9 Å². The molecule has 530 valence electrons. The number of phenols is 3. The maximum Gasteiger partial charge on any atom is 0.206 e. The fourth-order valence-corrected chi connectivity index (χ4v) is 13.9. The van der Waals surface area contributed by atoms with E-state index in [9.17, 15) is 30.7 Å². The number of aromatic amines is 1. The Labute approximate surface area is 617 Å². The number of hydrogen-bond acceptors (Lipinski definition) is 12. The molecular formula is C89H68F2N4O10S2. The van der Waals surface area contributed by atoms with E-state index in [4.69, 9.17) is 29.4 Å². The molecule has 107 heavy (non-hydrogen) atoms. The van der Waals surface area contributed by atoms with E-state index in [0.717, 1.165) is 109 Å². The molecule has 0 amide bonds. The van der Waals surface area contributed by atoms with Crippen LogP contribution in [0.4, 0.5) is 8.78 Å². The third-order valence-corrected chi connectivity index (χ3v) is 20.8. The van der Waals surface area contributed by atoms with Crippen molar-refractivity contribution in [3.8, 4) is 96.8 Å². The molecule has 0 saturated heterocycles. The van der Waals surface area contributed by atoms with Crippen molar-refractivity contribution in [1.82, 2.24) is 19.5 Å². The van der Waals surface area contributed by atoms with Gasteiger partial charge >= 0.3 is 0 Å². The summed E-state index contributed by atoms with van der Waals surface area (Å²) in [6.07, 6.45) is 0.883. The third-order valence-electron chi connectivity index (χ3n) is 17.2. The molecule has 0 aliphatic carbocycles. The fourth-order valence-electron chi connectivity index (χ4n) is 11.4. The van der Waals surface area contributed by atoms with E-state index >= 15 is 0 Å².